The van der Waals surface area contributed by atoms with E-state index < -0.39 is 0 Å². The molecule has 3 unspecified atom stereocenters. The van der Waals surface area contributed by atoms with Crippen molar-refractivity contribution in [3.8, 4) is 0 Å². The highest BCUT2D eigenvalue weighted by Crippen LogP contribution is 2.25. The molecular weight excluding hydrogens is 240 g/mol. The average molecular weight is 270 g/mol. The van der Waals surface area contributed by atoms with Crippen molar-refractivity contribution in [3.05, 3.63) is 0 Å². The van der Waals surface area contributed by atoms with Crippen molar-refractivity contribution in [2.24, 2.45) is 23.0 Å². The van der Waals surface area contributed by atoms with Crippen LogP contribution in [0, 0.1) is 17.3 Å². The largest absolute Gasteiger partial charge is 0.393 e. The predicted molar refractivity (Wildman–Crippen MR) is 77.6 cm³/mol. The fraction of sp³-hybridized carbons (Fsp3) is 0.933. The standard InChI is InChI=1S/C15H30N2O2/c1-15(2,3)8-12(9-16)14(19)17-10-11-5-4-6-13(18)7-11/h11-13,18H,4-10,16H2,1-3H3,(H,17,19). The van der Waals surface area contributed by atoms with E-state index >= 15 is 0 Å². The second-order valence-electron chi connectivity index (χ2n) is 7.13. The first-order valence-corrected chi connectivity index (χ1v) is 7.47. The minimum Gasteiger partial charge on any atom is -0.393 e. The average Bonchev–Trinajstić information content (AvgIpc) is 2.32. The number of hydrogen-bond donors (Lipinski definition) is 3. The summed E-state index contributed by atoms with van der Waals surface area (Å²) in [5.41, 5.74) is 5.82. The van der Waals surface area contributed by atoms with Gasteiger partial charge in [0.25, 0.3) is 0 Å². The summed E-state index contributed by atoms with van der Waals surface area (Å²) < 4.78 is 0. The molecule has 4 heteroatoms. The van der Waals surface area contributed by atoms with E-state index in [1.165, 1.54) is 0 Å². The topological polar surface area (TPSA) is 75.4 Å². The van der Waals surface area contributed by atoms with Crippen LogP contribution < -0.4 is 11.1 Å². The molecule has 0 aliphatic heterocycles. The van der Waals surface area contributed by atoms with Gasteiger partial charge in [-0.3, -0.25) is 4.79 Å². The first kappa shape index (κ1) is 16.4. The lowest BCUT2D eigenvalue weighted by molar-refractivity contribution is -0.125. The van der Waals surface area contributed by atoms with Gasteiger partial charge in [0, 0.05) is 13.1 Å². The van der Waals surface area contributed by atoms with Crippen LogP contribution in [0.4, 0.5) is 0 Å². The maximum absolute atomic E-state index is 12.1. The Balaban J connectivity index is 2.36. The molecule has 3 atom stereocenters. The molecule has 0 bridgehead atoms. The monoisotopic (exact) mass is 270 g/mol. The molecule has 0 saturated heterocycles. The number of nitrogens with one attached hydrogen (secondary N) is 1. The van der Waals surface area contributed by atoms with Crippen LogP contribution in [0.3, 0.4) is 0 Å². The minimum atomic E-state index is -0.185. The third-order valence-corrected chi connectivity index (χ3v) is 3.83. The van der Waals surface area contributed by atoms with Crippen LogP contribution >= 0.6 is 0 Å². The molecule has 1 aliphatic carbocycles. The lowest BCUT2D eigenvalue weighted by Crippen LogP contribution is -2.40. The van der Waals surface area contributed by atoms with Crippen molar-refractivity contribution >= 4 is 5.91 Å². The Labute approximate surface area is 117 Å². The molecular formula is C15H30N2O2. The maximum atomic E-state index is 12.1. The van der Waals surface area contributed by atoms with Crippen LogP contribution in [0.25, 0.3) is 0 Å². The molecule has 0 spiro atoms. The smallest absolute Gasteiger partial charge is 0.224 e. The van der Waals surface area contributed by atoms with Gasteiger partial charge in [0.1, 0.15) is 0 Å². The van der Waals surface area contributed by atoms with E-state index in [0.717, 1.165) is 32.1 Å². The van der Waals surface area contributed by atoms with E-state index in [1.54, 1.807) is 0 Å². The van der Waals surface area contributed by atoms with Gasteiger partial charge in [0.2, 0.25) is 5.91 Å². The Hall–Kier alpha value is -0.610. The molecule has 0 radical (unpaired) electrons. The van der Waals surface area contributed by atoms with Crippen LogP contribution in [0.5, 0.6) is 0 Å². The van der Waals surface area contributed by atoms with Gasteiger partial charge in [-0.2, -0.15) is 0 Å². The van der Waals surface area contributed by atoms with Gasteiger partial charge in [-0.05, 0) is 37.0 Å². The molecule has 1 saturated carbocycles. The molecule has 0 aromatic heterocycles. The molecule has 4 nitrogen and oxygen atoms in total. The number of carbonyl (C=O) groups excluding carboxylic acids is 1. The van der Waals surface area contributed by atoms with Crippen LogP contribution in [-0.2, 0) is 4.79 Å². The molecule has 1 amide bonds. The van der Waals surface area contributed by atoms with Gasteiger partial charge in [-0.25, -0.2) is 0 Å². The lowest BCUT2D eigenvalue weighted by Gasteiger charge is -2.28. The zero-order chi connectivity index (χ0) is 14.5. The van der Waals surface area contributed by atoms with E-state index in [4.69, 9.17) is 5.73 Å². The van der Waals surface area contributed by atoms with Crippen LogP contribution in [0.2, 0.25) is 0 Å². The minimum absolute atomic E-state index is 0.0671. The number of nitrogens with two attached hydrogens (primary N) is 1. The Morgan fingerprint density at radius 1 is 1.42 bits per heavy atom. The number of hydrogen-bond acceptors (Lipinski definition) is 3. The molecule has 0 heterocycles. The lowest BCUT2D eigenvalue weighted by atomic mass is 9.84. The molecule has 112 valence electrons. The van der Waals surface area contributed by atoms with Crippen LogP contribution in [0.1, 0.15) is 52.9 Å². The Bertz CT molecular complexity index is 286. The SMILES string of the molecule is CC(C)(C)CC(CN)C(=O)NCC1CCCC(O)C1. The maximum Gasteiger partial charge on any atom is 0.224 e. The molecule has 0 aromatic carbocycles. The number of amides is 1. The second-order valence-corrected chi connectivity index (χ2v) is 7.13. The molecule has 1 rings (SSSR count). The molecule has 4 N–H and O–H groups in total. The van der Waals surface area contributed by atoms with Crippen LogP contribution in [-0.4, -0.2) is 30.2 Å². The van der Waals surface area contributed by atoms with E-state index in [9.17, 15) is 9.90 Å². The van der Waals surface area contributed by atoms with E-state index in [-0.39, 0.29) is 23.3 Å². The van der Waals surface area contributed by atoms with Crippen molar-refractivity contribution < 1.29 is 9.90 Å². The van der Waals surface area contributed by atoms with Crippen LogP contribution in [0.15, 0.2) is 0 Å². The van der Waals surface area contributed by atoms with Gasteiger partial charge < -0.3 is 16.2 Å². The highest BCUT2D eigenvalue weighted by atomic mass is 16.3. The molecule has 19 heavy (non-hydrogen) atoms. The van der Waals surface area contributed by atoms with Gasteiger partial charge >= 0.3 is 0 Å². The second kappa shape index (κ2) is 7.25. The summed E-state index contributed by atoms with van der Waals surface area (Å²) in [6, 6.07) is 0. The number of rotatable bonds is 5. The third kappa shape index (κ3) is 6.39. The summed E-state index contributed by atoms with van der Waals surface area (Å²) in [7, 11) is 0. The van der Waals surface area contributed by atoms with Crippen molar-refractivity contribution in [1.82, 2.24) is 5.32 Å². The highest BCUT2D eigenvalue weighted by Gasteiger charge is 2.25. The zero-order valence-corrected chi connectivity index (χ0v) is 12.6. The van der Waals surface area contributed by atoms with E-state index in [0.29, 0.717) is 19.0 Å². The fourth-order valence-electron chi connectivity index (χ4n) is 2.86. The van der Waals surface area contributed by atoms with Gasteiger partial charge in [0.15, 0.2) is 0 Å². The van der Waals surface area contributed by atoms with Crippen molar-refractivity contribution in [2.75, 3.05) is 13.1 Å². The first-order chi connectivity index (χ1) is 8.81. The summed E-state index contributed by atoms with van der Waals surface area (Å²) in [5, 5.41) is 12.6. The molecule has 0 aromatic rings. The summed E-state index contributed by atoms with van der Waals surface area (Å²) in [6.45, 7) is 7.45. The third-order valence-electron chi connectivity index (χ3n) is 3.83. The van der Waals surface area contributed by atoms with Gasteiger partial charge in [-0.15, -0.1) is 0 Å². The summed E-state index contributed by atoms with van der Waals surface area (Å²) in [4.78, 5) is 12.1. The molecule has 1 fully saturated rings. The summed E-state index contributed by atoms with van der Waals surface area (Å²) in [5.74, 6) is 0.381. The zero-order valence-electron chi connectivity index (χ0n) is 12.6. The quantitative estimate of drug-likeness (QED) is 0.711. The molecule has 1 aliphatic rings. The number of aliphatic hydroxyl groups excluding tert-OH is 1. The van der Waals surface area contributed by atoms with Gasteiger partial charge in [-0.1, -0.05) is 27.2 Å². The normalized spacial score (nSPS) is 25.9. The van der Waals surface area contributed by atoms with Crippen molar-refractivity contribution in [2.45, 2.75) is 59.0 Å². The fourth-order valence-corrected chi connectivity index (χ4v) is 2.86. The number of carbonyl (C=O) groups is 1. The first-order valence-electron chi connectivity index (χ1n) is 7.47. The highest BCUT2D eigenvalue weighted by molar-refractivity contribution is 5.78. The van der Waals surface area contributed by atoms with E-state index in [1.807, 2.05) is 0 Å². The Morgan fingerprint density at radius 3 is 2.63 bits per heavy atom. The van der Waals surface area contributed by atoms with Crippen molar-refractivity contribution in [3.63, 3.8) is 0 Å². The summed E-state index contributed by atoms with van der Waals surface area (Å²) >= 11 is 0. The summed E-state index contributed by atoms with van der Waals surface area (Å²) in [6.07, 6.45) is 4.50. The van der Waals surface area contributed by atoms with E-state index in [2.05, 4.69) is 26.1 Å². The number of aliphatic hydroxyl groups is 1. The predicted octanol–water partition coefficient (Wildman–Crippen LogP) is 1.66. The van der Waals surface area contributed by atoms with Crippen molar-refractivity contribution in [1.29, 1.82) is 0 Å². The van der Waals surface area contributed by atoms with Gasteiger partial charge in [0.05, 0.1) is 12.0 Å². The Kier molecular flexibility index (Phi) is 6.27. The Morgan fingerprint density at radius 2 is 2.11 bits per heavy atom.